The van der Waals surface area contributed by atoms with Crippen molar-refractivity contribution in [2.45, 2.75) is 39.7 Å². The van der Waals surface area contributed by atoms with E-state index >= 15 is 0 Å². The first-order valence-corrected chi connectivity index (χ1v) is 14.0. The summed E-state index contributed by atoms with van der Waals surface area (Å²) >= 11 is 0. The number of likely N-dealkylation sites (tertiary alicyclic amines) is 1. The molecule has 9 heteroatoms. The summed E-state index contributed by atoms with van der Waals surface area (Å²) in [4.78, 5) is 20.8. The summed E-state index contributed by atoms with van der Waals surface area (Å²) in [7, 11) is -1.50. The standard InChI is InChI=1S/C26H32N4O4S/c1-16-10-17(2)14-29(13-16)26(31)22-12-23(19-6-5-7-21(11-19)34-4)27-25-24(22)18(3)28-30(25)20-8-9-35(32,33)15-20/h5-7,11-12,16-17,20H,8-10,13-15H2,1-4H3. The second-order valence-electron chi connectivity index (χ2n) is 10.2. The van der Waals surface area contributed by atoms with E-state index in [1.165, 1.54) is 0 Å². The quantitative estimate of drug-likeness (QED) is 0.544. The molecule has 0 spiro atoms. The molecule has 2 aliphatic heterocycles. The van der Waals surface area contributed by atoms with Crippen molar-refractivity contribution in [2.24, 2.45) is 11.8 Å². The number of hydrogen-bond donors (Lipinski definition) is 0. The monoisotopic (exact) mass is 496 g/mol. The summed E-state index contributed by atoms with van der Waals surface area (Å²) in [5.41, 5.74) is 3.28. The molecule has 8 nitrogen and oxygen atoms in total. The lowest BCUT2D eigenvalue weighted by Crippen LogP contribution is -2.42. The second kappa shape index (κ2) is 8.93. The van der Waals surface area contributed by atoms with E-state index in [4.69, 9.17) is 14.8 Å². The van der Waals surface area contributed by atoms with Crippen molar-refractivity contribution in [3.05, 3.63) is 41.6 Å². The Kier molecular flexibility index (Phi) is 6.07. The third-order valence-electron chi connectivity index (χ3n) is 7.14. The highest BCUT2D eigenvalue weighted by atomic mass is 32.2. The molecule has 2 aliphatic rings. The molecule has 0 aliphatic carbocycles. The topological polar surface area (TPSA) is 94.4 Å². The van der Waals surface area contributed by atoms with Gasteiger partial charge in [0.2, 0.25) is 0 Å². The molecular weight excluding hydrogens is 464 g/mol. The first kappa shape index (κ1) is 23.8. The van der Waals surface area contributed by atoms with Crippen molar-refractivity contribution >= 4 is 26.8 Å². The Hall–Kier alpha value is -2.94. The number of methoxy groups -OCH3 is 1. The number of hydrogen-bond acceptors (Lipinski definition) is 6. The van der Waals surface area contributed by atoms with Crippen LogP contribution >= 0.6 is 0 Å². The number of sulfone groups is 1. The van der Waals surface area contributed by atoms with Gasteiger partial charge in [0, 0.05) is 18.7 Å². The van der Waals surface area contributed by atoms with Crippen molar-refractivity contribution in [1.82, 2.24) is 19.7 Å². The lowest BCUT2D eigenvalue weighted by atomic mass is 9.91. The molecule has 0 radical (unpaired) electrons. The van der Waals surface area contributed by atoms with Gasteiger partial charge in [-0.15, -0.1) is 0 Å². The molecule has 2 aromatic heterocycles. The molecule has 0 N–H and O–H groups in total. The van der Waals surface area contributed by atoms with Crippen LogP contribution < -0.4 is 4.74 Å². The summed E-state index contributed by atoms with van der Waals surface area (Å²) in [5.74, 6) is 1.72. The fourth-order valence-corrected chi connectivity index (χ4v) is 7.33. The van der Waals surface area contributed by atoms with Crippen LogP contribution in [0.3, 0.4) is 0 Å². The third kappa shape index (κ3) is 4.53. The largest absolute Gasteiger partial charge is 0.497 e. The van der Waals surface area contributed by atoms with E-state index in [2.05, 4.69) is 13.8 Å². The zero-order valence-corrected chi connectivity index (χ0v) is 21.5. The Labute approximate surface area is 206 Å². The highest BCUT2D eigenvalue weighted by molar-refractivity contribution is 7.91. The van der Waals surface area contributed by atoms with Crippen LogP contribution in [0.25, 0.3) is 22.3 Å². The minimum atomic E-state index is -3.11. The Morgan fingerprint density at radius 1 is 1.14 bits per heavy atom. The van der Waals surface area contributed by atoms with Gasteiger partial charge in [-0.1, -0.05) is 26.0 Å². The summed E-state index contributed by atoms with van der Waals surface area (Å²) in [5, 5.41) is 5.42. The predicted octanol–water partition coefficient (Wildman–Crippen LogP) is 3.89. The van der Waals surface area contributed by atoms with Crippen molar-refractivity contribution in [2.75, 3.05) is 31.7 Å². The average molecular weight is 497 g/mol. The number of pyridine rings is 1. The molecule has 35 heavy (non-hydrogen) atoms. The van der Waals surface area contributed by atoms with E-state index in [-0.39, 0.29) is 23.5 Å². The van der Waals surface area contributed by atoms with Gasteiger partial charge in [-0.2, -0.15) is 5.10 Å². The van der Waals surface area contributed by atoms with E-state index in [9.17, 15) is 13.2 Å². The molecule has 3 atom stereocenters. The maximum Gasteiger partial charge on any atom is 0.254 e. The van der Waals surface area contributed by atoms with E-state index in [1.54, 1.807) is 11.8 Å². The molecule has 1 amide bonds. The third-order valence-corrected chi connectivity index (χ3v) is 8.89. The number of aryl methyl sites for hydroxylation is 1. The molecule has 3 unspecified atom stereocenters. The zero-order chi connectivity index (χ0) is 24.9. The zero-order valence-electron chi connectivity index (χ0n) is 20.7. The van der Waals surface area contributed by atoms with E-state index in [1.807, 2.05) is 42.2 Å². The number of aromatic nitrogens is 3. The maximum atomic E-state index is 13.9. The van der Waals surface area contributed by atoms with Gasteiger partial charge in [0.1, 0.15) is 5.75 Å². The highest BCUT2D eigenvalue weighted by Gasteiger charge is 2.34. The van der Waals surface area contributed by atoms with Gasteiger partial charge in [0.25, 0.3) is 5.91 Å². The van der Waals surface area contributed by atoms with Gasteiger partial charge in [0.05, 0.1) is 47.0 Å². The summed E-state index contributed by atoms with van der Waals surface area (Å²) in [6.45, 7) is 7.67. The number of amides is 1. The summed E-state index contributed by atoms with van der Waals surface area (Å²) < 4.78 is 31.6. The molecule has 0 saturated carbocycles. The number of rotatable bonds is 4. The van der Waals surface area contributed by atoms with Crippen LogP contribution in [0.15, 0.2) is 30.3 Å². The van der Waals surface area contributed by atoms with E-state index in [0.717, 1.165) is 25.1 Å². The van der Waals surface area contributed by atoms with Gasteiger partial charge in [0.15, 0.2) is 15.5 Å². The smallest absolute Gasteiger partial charge is 0.254 e. The normalized spacial score (nSPS) is 24.1. The van der Waals surface area contributed by atoms with Crippen LogP contribution in [0.2, 0.25) is 0 Å². The van der Waals surface area contributed by atoms with Crippen molar-refractivity contribution in [3.8, 4) is 17.0 Å². The number of ether oxygens (including phenoxy) is 1. The van der Waals surface area contributed by atoms with Crippen LogP contribution in [-0.4, -0.2) is 65.7 Å². The molecule has 0 bridgehead atoms. The Morgan fingerprint density at radius 3 is 2.54 bits per heavy atom. The predicted molar refractivity (Wildman–Crippen MR) is 135 cm³/mol. The lowest BCUT2D eigenvalue weighted by molar-refractivity contribution is 0.0625. The SMILES string of the molecule is COc1cccc(-c2cc(C(=O)N3CC(C)CC(C)C3)c3c(C)nn(C4CCS(=O)(=O)C4)c3n2)c1. The van der Waals surface area contributed by atoms with Gasteiger partial charge >= 0.3 is 0 Å². The van der Waals surface area contributed by atoms with Gasteiger partial charge in [-0.3, -0.25) is 4.79 Å². The fourth-order valence-electron chi connectivity index (χ4n) is 5.63. The number of carbonyl (C=O) groups excluding carboxylic acids is 1. The molecule has 5 rings (SSSR count). The number of fused-ring (bicyclic) bond motifs is 1. The molecule has 3 aromatic rings. The Bertz CT molecular complexity index is 1390. The molecule has 2 fully saturated rings. The summed E-state index contributed by atoms with van der Waals surface area (Å²) in [6.07, 6.45) is 1.60. The van der Waals surface area contributed by atoms with Crippen LogP contribution in [0.5, 0.6) is 5.75 Å². The molecular formula is C26H32N4O4S. The fraction of sp³-hybridized carbons (Fsp3) is 0.500. The van der Waals surface area contributed by atoms with Gasteiger partial charge in [-0.05, 0) is 49.8 Å². The maximum absolute atomic E-state index is 13.9. The molecule has 1 aromatic carbocycles. The van der Waals surface area contributed by atoms with Crippen LogP contribution in [0.4, 0.5) is 0 Å². The van der Waals surface area contributed by atoms with E-state index < -0.39 is 9.84 Å². The van der Waals surface area contributed by atoms with Crippen LogP contribution in [0.1, 0.15) is 48.8 Å². The minimum absolute atomic E-state index is 0.0263. The highest BCUT2D eigenvalue weighted by Crippen LogP contribution is 2.34. The average Bonchev–Trinajstić information content (AvgIpc) is 3.36. The van der Waals surface area contributed by atoms with Crippen molar-refractivity contribution in [3.63, 3.8) is 0 Å². The van der Waals surface area contributed by atoms with E-state index in [0.29, 0.717) is 52.0 Å². The summed E-state index contributed by atoms with van der Waals surface area (Å²) in [6, 6.07) is 9.14. The lowest BCUT2D eigenvalue weighted by Gasteiger charge is -2.35. The molecule has 2 saturated heterocycles. The Balaban J connectivity index is 1.69. The Morgan fingerprint density at radius 2 is 1.89 bits per heavy atom. The van der Waals surface area contributed by atoms with Gasteiger partial charge in [-0.25, -0.2) is 18.1 Å². The second-order valence-corrected chi connectivity index (χ2v) is 12.5. The van der Waals surface area contributed by atoms with Crippen molar-refractivity contribution < 1.29 is 17.9 Å². The number of nitrogens with zero attached hydrogens (tertiary/aromatic N) is 4. The number of benzene rings is 1. The number of carbonyl (C=O) groups is 1. The van der Waals surface area contributed by atoms with Gasteiger partial charge < -0.3 is 9.64 Å². The first-order chi connectivity index (χ1) is 16.6. The van der Waals surface area contributed by atoms with Crippen LogP contribution in [-0.2, 0) is 9.84 Å². The van der Waals surface area contributed by atoms with Crippen LogP contribution in [0, 0.1) is 18.8 Å². The minimum Gasteiger partial charge on any atom is -0.497 e. The van der Waals surface area contributed by atoms with Crippen molar-refractivity contribution in [1.29, 1.82) is 0 Å². The number of piperidine rings is 1. The molecule has 4 heterocycles. The molecule has 186 valence electrons. The first-order valence-electron chi connectivity index (χ1n) is 12.2.